The maximum Gasteiger partial charge on any atom is 0.123 e. The van der Waals surface area contributed by atoms with Gasteiger partial charge < -0.3 is 4.90 Å². The van der Waals surface area contributed by atoms with Gasteiger partial charge in [-0.15, -0.1) is 0 Å². The SMILES string of the molecule is Fc1ccc(N2CCN(CC3=CCCc4cc(Cl)ccc43)CC2)cc1. The molecule has 2 nitrogen and oxygen atoms in total. The van der Waals surface area contributed by atoms with Gasteiger partial charge in [-0.25, -0.2) is 4.39 Å². The Morgan fingerprint density at radius 2 is 1.72 bits per heavy atom. The van der Waals surface area contributed by atoms with Crippen LogP contribution in [0.4, 0.5) is 10.1 Å². The van der Waals surface area contributed by atoms with Crippen LogP contribution in [0.5, 0.6) is 0 Å². The van der Waals surface area contributed by atoms with Gasteiger partial charge >= 0.3 is 0 Å². The van der Waals surface area contributed by atoms with E-state index in [0.717, 1.165) is 56.3 Å². The zero-order valence-electron chi connectivity index (χ0n) is 14.2. The third-order valence-corrected chi connectivity index (χ3v) is 5.41. The summed E-state index contributed by atoms with van der Waals surface area (Å²) in [4.78, 5) is 4.84. The van der Waals surface area contributed by atoms with Crippen molar-refractivity contribution in [3.8, 4) is 0 Å². The van der Waals surface area contributed by atoms with Gasteiger partial charge in [0.2, 0.25) is 0 Å². The van der Waals surface area contributed by atoms with Gasteiger partial charge in [0, 0.05) is 43.4 Å². The number of halogens is 2. The summed E-state index contributed by atoms with van der Waals surface area (Å²) >= 11 is 6.14. The first-order valence-electron chi connectivity index (χ1n) is 8.90. The fourth-order valence-electron chi connectivity index (χ4n) is 3.80. The zero-order chi connectivity index (χ0) is 17.2. The highest BCUT2D eigenvalue weighted by Crippen LogP contribution is 2.29. The van der Waals surface area contributed by atoms with Gasteiger partial charge in [-0.05, 0) is 65.9 Å². The molecule has 0 saturated carbocycles. The highest BCUT2D eigenvalue weighted by Gasteiger charge is 2.20. The van der Waals surface area contributed by atoms with Crippen LogP contribution in [0.15, 0.2) is 48.5 Å². The first kappa shape index (κ1) is 16.6. The number of hydrogen-bond donors (Lipinski definition) is 0. The fraction of sp³-hybridized carbons (Fsp3) is 0.333. The molecule has 0 aromatic heterocycles. The van der Waals surface area contributed by atoms with E-state index in [-0.39, 0.29) is 5.82 Å². The summed E-state index contributed by atoms with van der Waals surface area (Å²) in [5.74, 6) is -0.176. The molecule has 1 aliphatic carbocycles. The molecule has 0 radical (unpaired) electrons. The minimum atomic E-state index is -0.176. The summed E-state index contributed by atoms with van der Waals surface area (Å²) in [7, 11) is 0. The molecule has 4 rings (SSSR count). The summed E-state index contributed by atoms with van der Waals surface area (Å²) in [6.45, 7) is 5.00. The third kappa shape index (κ3) is 3.73. The predicted octanol–water partition coefficient (Wildman–Crippen LogP) is 4.63. The normalized spacial score (nSPS) is 18.0. The van der Waals surface area contributed by atoms with E-state index in [1.807, 2.05) is 18.2 Å². The molecule has 1 saturated heterocycles. The third-order valence-electron chi connectivity index (χ3n) is 5.18. The molecule has 1 fully saturated rings. The van der Waals surface area contributed by atoms with Gasteiger partial charge in [-0.2, -0.15) is 0 Å². The molecule has 0 atom stereocenters. The van der Waals surface area contributed by atoms with E-state index in [0.29, 0.717) is 0 Å². The number of fused-ring (bicyclic) bond motifs is 1. The van der Waals surface area contributed by atoms with Crippen LogP contribution in [0.1, 0.15) is 17.5 Å². The number of benzene rings is 2. The molecule has 2 aromatic rings. The lowest BCUT2D eigenvalue weighted by Gasteiger charge is -2.37. The standard InChI is InChI=1S/C21H22ClFN2/c22-18-4-9-21-16(14-18)2-1-3-17(21)15-24-10-12-25(13-11-24)20-7-5-19(23)6-8-20/h3-9,14H,1-2,10-13,15H2. The van der Waals surface area contributed by atoms with Crippen molar-refractivity contribution in [1.82, 2.24) is 4.90 Å². The average Bonchev–Trinajstić information content (AvgIpc) is 2.63. The summed E-state index contributed by atoms with van der Waals surface area (Å²) in [6, 6.07) is 13.1. The molecule has 1 heterocycles. The molecule has 0 amide bonds. The van der Waals surface area contributed by atoms with E-state index in [1.165, 1.54) is 28.8 Å². The maximum absolute atomic E-state index is 13.1. The van der Waals surface area contributed by atoms with Crippen molar-refractivity contribution in [1.29, 1.82) is 0 Å². The second-order valence-electron chi connectivity index (χ2n) is 6.81. The minimum absolute atomic E-state index is 0.176. The Bertz CT molecular complexity index is 777. The minimum Gasteiger partial charge on any atom is -0.369 e. The molecule has 0 bridgehead atoms. The molecule has 0 unspecified atom stereocenters. The van der Waals surface area contributed by atoms with Gasteiger partial charge in [0.15, 0.2) is 0 Å². The van der Waals surface area contributed by atoms with Crippen LogP contribution >= 0.6 is 11.6 Å². The molecular formula is C21H22ClFN2. The Kier molecular flexibility index (Phi) is 4.78. The number of allylic oxidation sites excluding steroid dienone is 1. The van der Waals surface area contributed by atoms with Crippen LogP contribution in [0.25, 0.3) is 5.57 Å². The summed E-state index contributed by atoms with van der Waals surface area (Å²) < 4.78 is 13.1. The number of rotatable bonds is 3. The molecule has 2 aromatic carbocycles. The van der Waals surface area contributed by atoms with Crippen molar-refractivity contribution >= 4 is 22.9 Å². The molecule has 4 heteroatoms. The second kappa shape index (κ2) is 7.19. The number of anilines is 1. The van der Waals surface area contributed by atoms with E-state index in [9.17, 15) is 4.39 Å². The van der Waals surface area contributed by atoms with Crippen molar-refractivity contribution < 1.29 is 4.39 Å². The van der Waals surface area contributed by atoms with Crippen molar-refractivity contribution in [2.45, 2.75) is 12.8 Å². The van der Waals surface area contributed by atoms with E-state index in [2.05, 4.69) is 28.0 Å². The molecule has 1 aliphatic heterocycles. The zero-order valence-corrected chi connectivity index (χ0v) is 15.0. The lowest BCUT2D eigenvalue weighted by molar-refractivity contribution is 0.287. The Morgan fingerprint density at radius 1 is 0.960 bits per heavy atom. The lowest BCUT2D eigenvalue weighted by Crippen LogP contribution is -2.46. The van der Waals surface area contributed by atoms with Gasteiger partial charge in [0.05, 0.1) is 0 Å². The van der Waals surface area contributed by atoms with Crippen LogP contribution in [-0.4, -0.2) is 37.6 Å². The van der Waals surface area contributed by atoms with Crippen molar-refractivity contribution in [3.63, 3.8) is 0 Å². The van der Waals surface area contributed by atoms with Crippen molar-refractivity contribution in [2.24, 2.45) is 0 Å². The number of nitrogens with zero attached hydrogens (tertiary/aromatic N) is 2. The number of hydrogen-bond acceptors (Lipinski definition) is 2. The lowest BCUT2D eigenvalue weighted by atomic mass is 9.90. The largest absolute Gasteiger partial charge is 0.369 e. The van der Waals surface area contributed by atoms with Gasteiger partial charge in [-0.1, -0.05) is 23.7 Å². The van der Waals surface area contributed by atoms with Gasteiger partial charge in [0.1, 0.15) is 5.82 Å². The van der Waals surface area contributed by atoms with Crippen LogP contribution in [0, 0.1) is 5.82 Å². The molecule has 0 spiro atoms. The Labute approximate surface area is 153 Å². The predicted molar refractivity (Wildman–Crippen MR) is 103 cm³/mol. The topological polar surface area (TPSA) is 6.48 Å². The first-order valence-corrected chi connectivity index (χ1v) is 9.27. The average molecular weight is 357 g/mol. The van der Waals surface area contributed by atoms with E-state index >= 15 is 0 Å². The quantitative estimate of drug-likeness (QED) is 0.791. The molecule has 0 N–H and O–H groups in total. The van der Waals surface area contributed by atoms with Crippen molar-refractivity contribution in [3.05, 3.63) is 70.5 Å². The smallest absolute Gasteiger partial charge is 0.123 e. The van der Waals surface area contributed by atoms with Gasteiger partial charge in [0.25, 0.3) is 0 Å². The number of piperazine rings is 1. The highest BCUT2D eigenvalue weighted by molar-refractivity contribution is 6.30. The van der Waals surface area contributed by atoms with E-state index in [1.54, 1.807) is 0 Å². The first-order chi connectivity index (χ1) is 12.2. The van der Waals surface area contributed by atoms with Crippen LogP contribution in [-0.2, 0) is 6.42 Å². The highest BCUT2D eigenvalue weighted by atomic mass is 35.5. The fourth-order valence-corrected chi connectivity index (χ4v) is 4.00. The van der Waals surface area contributed by atoms with Crippen LogP contribution < -0.4 is 4.90 Å². The molecule has 25 heavy (non-hydrogen) atoms. The van der Waals surface area contributed by atoms with E-state index in [4.69, 9.17) is 11.6 Å². The Hall–Kier alpha value is -1.84. The summed E-state index contributed by atoms with van der Waals surface area (Å²) in [5, 5.41) is 0.827. The summed E-state index contributed by atoms with van der Waals surface area (Å²) in [6.07, 6.45) is 4.55. The second-order valence-corrected chi connectivity index (χ2v) is 7.25. The van der Waals surface area contributed by atoms with Gasteiger partial charge in [-0.3, -0.25) is 4.90 Å². The maximum atomic E-state index is 13.1. The van der Waals surface area contributed by atoms with E-state index < -0.39 is 0 Å². The summed E-state index contributed by atoms with van der Waals surface area (Å²) in [5.41, 5.74) is 5.26. The van der Waals surface area contributed by atoms with Crippen LogP contribution in [0.3, 0.4) is 0 Å². The van der Waals surface area contributed by atoms with Crippen LogP contribution in [0.2, 0.25) is 5.02 Å². The molecule has 2 aliphatic rings. The molecular weight excluding hydrogens is 335 g/mol. The Morgan fingerprint density at radius 3 is 2.48 bits per heavy atom. The Balaban J connectivity index is 1.39. The number of aryl methyl sites for hydroxylation is 1. The van der Waals surface area contributed by atoms with Crippen molar-refractivity contribution in [2.75, 3.05) is 37.6 Å². The monoisotopic (exact) mass is 356 g/mol. The molecule has 130 valence electrons.